The first-order valence-electron chi connectivity index (χ1n) is 11.0. The maximum absolute atomic E-state index is 11.9. The summed E-state index contributed by atoms with van der Waals surface area (Å²) in [5.41, 5.74) is 2.42. The second-order valence-corrected chi connectivity index (χ2v) is 8.94. The lowest BCUT2D eigenvalue weighted by Gasteiger charge is -2.12. The molecule has 2 aliphatic rings. The van der Waals surface area contributed by atoms with Crippen LogP contribution in [0.2, 0.25) is 0 Å². The predicted molar refractivity (Wildman–Crippen MR) is 109 cm³/mol. The van der Waals surface area contributed by atoms with E-state index in [9.17, 15) is 9.59 Å². The number of amides is 2. The Morgan fingerprint density at radius 3 is 2.59 bits per heavy atom. The van der Waals surface area contributed by atoms with Crippen molar-refractivity contribution in [3.8, 4) is 0 Å². The summed E-state index contributed by atoms with van der Waals surface area (Å²) in [6.07, 6.45) is 4.81. The van der Waals surface area contributed by atoms with Gasteiger partial charge in [0.15, 0.2) is 0 Å². The van der Waals surface area contributed by atoms with Crippen molar-refractivity contribution in [3.63, 3.8) is 0 Å². The fourth-order valence-electron chi connectivity index (χ4n) is 4.51. The van der Waals surface area contributed by atoms with Gasteiger partial charge in [-0.15, -0.1) is 5.10 Å². The van der Waals surface area contributed by atoms with Gasteiger partial charge in [-0.1, -0.05) is 5.21 Å². The number of nitrogens with zero attached hydrogens (tertiary/aromatic N) is 3. The Morgan fingerprint density at radius 1 is 1.17 bits per heavy atom. The Bertz CT molecular complexity index is 715. The highest BCUT2D eigenvalue weighted by Crippen LogP contribution is 2.52. The number of ether oxygens (including phenoxy) is 1. The van der Waals surface area contributed by atoms with Gasteiger partial charge in [0.05, 0.1) is 18.0 Å². The van der Waals surface area contributed by atoms with Crippen LogP contribution in [0.5, 0.6) is 0 Å². The SMILES string of the molecule is CC(C)NC(=O)CCCNC(=O)OC[C@@H]1[C@@H]2CCc3nnn(C(C)C)c3CC[C@@H]21. The second-order valence-electron chi connectivity index (χ2n) is 8.94. The third-order valence-electron chi connectivity index (χ3n) is 6.00. The van der Waals surface area contributed by atoms with Gasteiger partial charge >= 0.3 is 6.09 Å². The minimum atomic E-state index is -0.381. The van der Waals surface area contributed by atoms with E-state index < -0.39 is 0 Å². The molecule has 1 saturated carbocycles. The van der Waals surface area contributed by atoms with E-state index in [0.717, 1.165) is 31.4 Å². The maximum atomic E-state index is 11.9. The zero-order valence-corrected chi connectivity index (χ0v) is 18.1. The van der Waals surface area contributed by atoms with Crippen LogP contribution in [0.25, 0.3) is 0 Å². The van der Waals surface area contributed by atoms with Gasteiger partial charge in [-0.05, 0) is 77.6 Å². The summed E-state index contributed by atoms with van der Waals surface area (Å²) in [5, 5.41) is 14.3. The molecule has 0 aliphatic heterocycles. The van der Waals surface area contributed by atoms with Crippen molar-refractivity contribution in [2.24, 2.45) is 17.8 Å². The molecule has 1 aromatic heterocycles. The number of aryl methyl sites for hydroxylation is 1. The fourth-order valence-corrected chi connectivity index (χ4v) is 4.51. The lowest BCUT2D eigenvalue weighted by Crippen LogP contribution is -2.31. The molecule has 1 heterocycles. The van der Waals surface area contributed by atoms with Crippen molar-refractivity contribution >= 4 is 12.0 Å². The predicted octanol–water partition coefficient (Wildman–Crippen LogP) is 2.63. The summed E-state index contributed by atoms with van der Waals surface area (Å²) in [6, 6.07) is 0.476. The van der Waals surface area contributed by atoms with Gasteiger partial charge in [0.2, 0.25) is 5.91 Å². The number of alkyl carbamates (subject to hydrolysis) is 1. The highest BCUT2D eigenvalue weighted by Gasteiger charge is 2.50. The largest absolute Gasteiger partial charge is 0.449 e. The van der Waals surface area contributed by atoms with Gasteiger partial charge < -0.3 is 15.4 Å². The lowest BCUT2D eigenvalue weighted by atomic mass is 10.0. The molecule has 0 aromatic carbocycles. The third kappa shape index (κ3) is 5.70. The number of carbonyl (C=O) groups is 2. The number of carbonyl (C=O) groups excluding carboxylic acids is 2. The normalized spacial score (nSPS) is 23.0. The van der Waals surface area contributed by atoms with Crippen molar-refractivity contribution in [3.05, 3.63) is 11.4 Å². The van der Waals surface area contributed by atoms with Crippen molar-refractivity contribution in [2.45, 2.75) is 78.3 Å². The molecule has 3 rings (SSSR count). The summed E-state index contributed by atoms with van der Waals surface area (Å²) < 4.78 is 7.50. The third-order valence-corrected chi connectivity index (χ3v) is 6.00. The van der Waals surface area contributed by atoms with E-state index >= 15 is 0 Å². The molecular weight excluding hydrogens is 370 g/mol. The highest BCUT2D eigenvalue weighted by atomic mass is 16.5. The van der Waals surface area contributed by atoms with Crippen LogP contribution in [-0.4, -0.2) is 46.2 Å². The lowest BCUT2D eigenvalue weighted by molar-refractivity contribution is -0.121. The summed E-state index contributed by atoms with van der Waals surface area (Å²) in [4.78, 5) is 23.5. The molecule has 2 N–H and O–H groups in total. The minimum absolute atomic E-state index is 0.0143. The maximum Gasteiger partial charge on any atom is 0.407 e. The molecule has 0 spiro atoms. The smallest absolute Gasteiger partial charge is 0.407 e. The highest BCUT2D eigenvalue weighted by molar-refractivity contribution is 5.76. The first-order chi connectivity index (χ1) is 13.9. The Kier molecular flexibility index (Phi) is 7.14. The van der Waals surface area contributed by atoms with Gasteiger partial charge in [0, 0.05) is 25.0 Å². The molecule has 1 fully saturated rings. The molecule has 2 amide bonds. The monoisotopic (exact) mass is 405 g/mol. The second kappa shape index (κ2) is 9.59. The van der Waals surface area contributed by atoms with Crippen LogP contribution in [0, 0.1) is 17.8 Å². The molecular formula is C21H35N5O3. The van der Waals surface area contributed by atoms with Crippen LogP contribution in [0.1, 0.15) is 70.8 Å². The number of nitrogens with one attached hydrogen (secondary N) is 2. The van der Waals surface area contributed by atoms with Crippen LogP contribution in [-0.2, 0) is 22.4 Å². The fraction of sp³-hybridized carbons (Fsp3) is 0.810. The number of hydrogen-bond acceptors (Lipinski definition) is 5. The zero-order chi connectivity index (χ0) is 21.0. The van der Waals surface area contributed by atoms with Crippen LogP contribution in [0.15, 0.2) is 0 Å². The molecule has 0 saturated heterocycles. The van der Waals surface area contributed by atoms with Gasteiger partial charge in [-0.3, -0.25) is 4.79 Å². The molecule has 3 atom stereocenters. The van der Waals surface area contributed by atoms with Crippen LogP contribution in [0.4, 0.5) is 4.79 Å². The number of hydrogen-bond donors (Lipinski definition) is 2. The van der Waals surface area contributed by atoms with Gasteiger partial charge in [-0.25, -0.2) is 9.48 Å². The number of rotatable bonds is 8. The number of aromatic nitrogens is 3. The molecule has 2 aliphatic carbocycles. The van der Waals surface area contributed by atoms with Crippen molar-refractivity contribution < 1.29 is 14.3 Å². The Balaban J connectivity index is 1.35. The zero-order valence-electron chi connectivity index (χ0n) is 18.1. The molecule has 8 nitrogen and oxygen atoms in total. The first kappa shape index (κ1) is 21.6. The Morgan fingerprint density at radius 2 is 1.90 bits per heavy atom. The first-order valence-corrected chi connectivity index (χ1v) is 11.0. The Hall–Kier alpha value is -2.12. The van der Waals surface area contributed by atoms with E-state index in [1.54, 1.807) is 0 Å². The van der Waals surface area contributed by atoms with Crippen molar-refractivity contribution in [1.29, 1.82) is 0 Å². The van der Waals surface area contributed by atoms with E-state index in [1.807, 2.05) is 13.8 Å². The number of fused-ring (bicyclic) bond motifs is 2. The van der Waals surface area contributed by atoms with Crippen LogP contribution >= 0.6 is 0 Å². The average molecular weight is 406 g/mol. The molecule has 0 unspecified atom stereocenters. The Labute approximate surface area is 173 Å². The van der Waals surface area contributed by atoms with Crippen molar-refractivity contribution in [1.82, 2.24) is 25.6 Å². The van der Waals surface area contributed by atoms with Crippen LogP contribution < -0.4 is 10.6 Å². The van der Waals surface area contributed by atoms with E-state index in [2.05, 4.69) is 39.5 Å². The summed E-state index contributed by atoms with van der Waals surface area (Å²) >= 11 is 0. The molecule has 1 aromatic rings. The van der Waals surface area contributed by atoms with Gasteiger partial charge in [0.1, 0.15) is 0 Å². The minimum Gasteiger partial charge on any atom is -0.449 e. The molecule has 0 bridgehead atoms. The molecule has 0 radical (unpaired) electrons. The van der Waals surface area contributed by atoms with Gasteiger partial charge in [0.25, 0.3) is 0 Å². The molecule has 8 heteroatoms. The summed E-state index contributed by atoms with van der Waals surface area (Å²) in [7, 11) is 0. The quantitative estimate of drug-likeness (QED) is 0.648. The van der Waals surface area contributed by atoms with E-state index in [-0.39, 0.29) is 18.0 Å². The van der Waals surface area contributed by atoms with Crippen LogP contribution in [0.3, 0.4) is 0 Å². The summed E-state index contributed by atoms with van der Waals surface area (Å²) in [6.45, 7) is 9.07. The van der Waals surface area contributed by atoms with E-state index in [4.69, 9.17) is 4.74 Å². The average Bonchev–Trinajstić information content (AvgIpc) is 3.12. The van der Waals surface area contributed by atoms with Gasteiger partial charge in [-0.2, -0.15) is 0 Å². The molecule has 162 valence electrons. The molecule has 29 heavy (non-hydrogen) atoms. The van der Waals surface area contributed by atoms with E-state index in [0.29, 0.717) is 49.8 Å². The van der Waals surface area contributed by atoms with E-state index in [1.165, 1.54) is 5.69 Å². The summed E-state index contributed by atoms with van der Waals surface area (Å²) in [5.74, 6) is 1.73. The standard InChI is InChI=1S/C21H35N5O3/c1-13(2)23-20(27)6-5-11-22-21(28)29-12-17-15-7-9-18-19(10-8-16(15)17)26(14(3)4)25-24-18/h13-17H,5-12H2,1-4H3,(H,22,28)(H,23,27)/t15-,16+,17-/m1/s1. The topological polar surface area (TPSA) is 98.1 Å². The van der Waals surface area contributed by atoms with Crippen molar-refractivity contribution in [2.75, 3.05) is 13.2 Å².